The zero-order valence-electron chi connectivity index (χ0n) is 5.24. The predicted octanol–water partition coefficient (Wildman–Crippen LogP) is -2.25. The highest BCUT2D eigenvalue weighted by Gasteiger charge is 2.37. The van der Waals surface area contributed by atoms with Gasteiger partial charge in [0.15, 0.2) is 0 Å². The molecule has 58 valence electrons. The minimum absolute atomic E-state index is 0.0382. The average Bonchev–Trinajstić information content (AvgIpc) is 2.11. The number of carbonyl (C=O) groups excluding carboxylic acids is 1. The number of aliphatic hydroxyl groups is 3. The molecule has 1 rings (SSSR count). The number of amides is 1. The van der Waals surface area contributed by atoms with Crippen LogP contribution in [0.5, 0.6) is 0 Å². The molecule has 1 atom stereocenters. The maximum absolute atomic E-state index is 10.5. The van der Waals surface area contributed by atoms with E-state index in [9.17, 15) is 4.79 Å². The second-order valence-electron chi connectivity index (χ2n) is 2.39. The lowest BCUT2D eigenvalue weighted by Crippen LogP contribution is -2.38. The molecular weight excluding hydrogens is 138 g/mol. The molecule has 0 aromatic rings. The maximum atomic E-state index is 10.5. The van der Waals surface area contributed by atoms with Gasteiger partial charge in [0.1, 0.15) is 0 Å². The van der Waals surface area contributed by atoms with E-state index in [0.29, 0.717) is 0 Å². The van der Waals surface area contributed by atoms with Gasteiger partial charge in [0.25, 0.3) is 5.97 Å². The number of rotatable bonds is 1. The molecule has 1 unspecified atom stereocenters. The van der Waals surface area contributed by atoms with E-state index < -0.39 is 11.9 Å². The molecule has 0 bridgehead atoms. The third-order valence-electron chi connectivity index (χ3n) is 1.53. The normalized spacial score (nSPS) is 26.7. The lowest BCUT2D eigenvalue weighted by atomic mass is 10.1. The first-order valence-electron chi connectivity index (χ1n) is 2.94. The van der Waals surface area contributed by atoms with Crippen molar-refractivity contribution < 1.29 is 20.1 Å². The summed E-state index contributed by atoms with van der Waals surface area (Å²) in [5.41, 5.74) is 0. The quantitative estimate of drug-likeness (QED) is 0.315. The Balaban J connectivity index is 2.53. The molecule has 0 aliphatic carbocycles. The van der Waals surface area contributed by atoms with Gasteiger partial charge in [-0.15, -0.1) is 0 Å². The van der Waals surface area contributed by atoms with Gasteiger partial charge in [-0.25, -0.2) is 0 Å². The van der Waals surface area contributed by atoms with Crippen LogP contribution in [0.1, 0.15) is 6.42 Å². The lowest BCUT2D eigenvalue weighted by molar-refractivity contribution is -0.338. The molecule has 0 saturated carbocycles. The van der Waals surface area contributed by atoms with Crippen LogP contribution >= 0.6 is 0 Å². The third kappa shape index (κ3) is 1.44. The summed E-state index contributed by atoms with van der Waals surface area (Å²) in [5, 5.41) is 28.0. The number of hydrogen-bond donors (Lipinski definition) is 4. The van der Waals surface area contributed by atoms with Crippen LogP contribution in [0.15, 0.2) is 0 Å². The predicted molar refractivity (Wildman–Crippen MR) is 30.5 cm³/mol. The first kappa shape index (κ1) is 7.46. The summed E-state index contributed by atoms with van der Waals surface area (Å²) in [6.45, 7) is 0.113. The Morgan fingerprint density at radius 3 is 2.30 bits per heavy atom. The molecule has 1 saturated heterocycles. The van der Waals surface area contributed by atoms with Gasteiger partial charge in [-0.2, -0.15) is 0 Å². The molecule has 5 heteroatoms. The molecule has 1 amide bonds. The molecule has 5 nitrogen and oxygen atoms in total. The fraction of sp³-hybridized carbons (Fsp3) is 0.800. The molecule has 0 aromatic carbocycles. The molecule has 10 heavy (non-hydrogen) atoms. The monoisotopic (exact) mass is 147 g/mol. The molecular formula is C5H9NO4. The van der Waals surface area contributed by atoms with Gasteiger partial charge in [0.05, 0.1) is 5.92 Å². The number of carbonyl (C=O) groups is 1. The van der Waals surface area contributed by atoms with E-state index in [1.807, 2.05) is 0 Å². The standard InChI is InChI=1S/C5H9NO4/c7-4-1-3(2-6-4)5(8,9)10/h3,8-10H,1-2H2,(H,6,7). The van der Waals surface area contributed by atoms with Crippen LogP contribution in [0.25, 0.3) is 0 Å². The topological polar surface area (TPSA) is 89.8 Å². The highest BCUT2D eigenvalue weighted by atomic mass is 16.7. The Morgan fingerprint density at radius 1 is 1.50 bits per heavy atom. The van der Waals surface area contributed by atoms with Crippen LogP contribution < -0.4 is 5.32 Å². The largest absolute Gasteiger partial charge is 0.355 e. The van der Waals surface area contributed by atoms with Crippen LogP contribution in [-0.2, 0) is 4.79 Å². The van der Waals surface area contributed by atoms with Crippen LogP contribution in [0, 0.1) is 5.92 Å². The molecule has 1 aliphatic rings. The highest BCUT2D eigenvalue weighted by molar-refractivity contribution is 5.78. The fourth-order valence-electron chi connectivity index (χ4n) is 0.879. The summed E-state index contributed by atoms with van der Waals surface area (Å²) in [6, 6.07) is 0. The summed E-state index contributed by atoms with van der Waals surface area (Å²) >= 11 is 0. The van der Waals surface area contributed by atoms with Gasteiger partial charge in [-0.3, -0.25) is 4.79 Å². The van der Waals surface area contributed by atoms with Gasteiger partial charge in [0.2, 0.25) is 5.91 Å². The zero-order chi connectivity index (χ0) is 7.78. The van der Waals surface area contributed by atoms with Gasteiger partial charge in [-0.05, 0) is 0 Å². The minimum Gasteiger partial charge on any atom is -0.355 e. The van der Waals surface area contributed by atoms with Crippen LogP contribution in [-0.4, -0.2) is 33.7 Å². The SMILES string of the molecule is O=C1CC(C(O)(O)O)CN1. The lowest BCUT2D eigenvalue weighted by Gasteiger charge is -2.19. The molecule has 0 aromatic heterocycles. The van der Waals surface area contributed by atoms with E-state index in [1.165, 1.54) is 0 Å². The molecule has 1 fully saturated rings. The van der Waals surface area contributed by atoms with Gasteiger partial charge in [0, 0.05) is 13.0 Å². The Kier molecular flexibility index (Phi) is 1.63. The zero-order valence-corrected chi connectivity index (χ0v) is 5.24. The van der Waals surface area contributed by atoms with Gasteiger partial charge >= 0.3 is 0 Å². The summed E-state index contributed by atoms with van der Waals surface area (Å²) in [4.78, 5) is 10.5. The summed E-state index contributed by atoms with van der Waals surface area (Å²) in [7, 11) is 0. The molecule has 1 aliphatic heterocycles. The van der Waals surface area contributed by atoms with E-state index in [-0.39, 0.29) is 18.9 Å². The van der Waals surface area contributed by atoms with Crippen molar-refractivity contribution in [2.75, 3.05) is 6.54 Å². The van der Waals surface area contributed by atoms with Crippen molar-refractivity contribution in [1.29, 1.82) is 0 Å². The van der Waals surface area contributed by atoms with Gasteiger partial charge in [-0.1, -0.05) is 0 Å². The molecule has 0 spiro atoms. The minimum atomic E-state index is -2.72. The van der Waals surface area contributed by atoms with E-state index in [4.69, 9.17) is 15.3 Å². The average molecular weight is 147 g/mol. The number of nitrogens with one attached hydrogen (secondary N) is 1. The molecule has 1 heterocycles. The first-order chi connectivity index (χ1) is 4.50. The van der Waals surface area contributed by atoms with E-state index in [0.717, 1.165) is 0 Å². The maximum Gasteiger partial charge on any atom is 0.280 e. The third-order valence-corrected chi connectivity index (χ3v) is 1.53. The molecule has 0 radical (unpaired) electrons. The summed E-state index contributed by atoms with van der Waals surface area (Å²) in [6.07, 6.45) is -0.0382. The molecule has 4 N–H and O–H groups in total. The van der Waals surface area contributed by atoms with Crippen LogP contribution in [0.4, 0.5) is 0 Å². The van der Waals surface area contributed by atoms with E-state index in [2.05, 4.69) is 5.32 Å². The summed E-state index contributed by atoms with van der Waals surface area (Å²) in [5.74, 6) is -3.80. The second kappa shape index (κ2) is 2.19. The summed E-state index contributed by atoms with van der Waals surface area (Å²) < 4.78 is 0. The van der Waals surface area contributed by atoms with Gasteiger partial charge < -0.3 is 20.6 Å². The van der Waals surface area contributed by atoms with Crippen molar-refractivity contribution in [3.8, 4) is 0 Å². The van der Waals surface area contributed by atoms with Crippen molar-refractivity contribution in [1.82, 2.24) is 5.32 Å². The second-order valence-corrected chi connectivity index (χ2v) is 2.39. The van der Waals surface area contributed by atoms with Crippen molar-refractivity contribution >= 4 is 5.91 Å². The highest BCUT2D eigenvalue weighted by Crippen LogP contribution is 2.18. The Hall–Kier alpha value is -0.650. The van der Waals surface area contributed by atoms with E-state index >= 15 is 0 Å². The van der Waals surface area contributed by atoms with Crippen LogP contribution in [0.2, 0.25) is 0 Å². The van der Waals surface area contributed by atoms with Crippen molar-refractivity contribution in [2.24, 2.45) is 5.92 Å². The number of hydrogen-bond acceptors (Lipinski definition) is 4. The van der Waals surface area contributed by atoms with Crippen molar-refractivity contribution in [3.05, 3.63) is 0 Å². The Morgan fingerprint density at radius 2 is 2.10 bits per heavy atom. The Labute approximate surface area is 57.3 Å². The Bertz CT molecular complexity index is 150. The van der Waals surface area contributed by atoms with Crippen molar-refractivity contribution in [2.45, 2.75) is 12.4 Å². The van der Waals surface area contributed by atoms with Crippen molar-refractivity contribution in [3.63, 3.8) is 0 Å². The van der Waals surface area contributed by atoms with Crippen LogP contribution in [0.3, 0.4) is 0 Å². The first-order valence-corrected chi connectivity index (χ1v) is 2.94. The van der Waals surface area contributed by atoms with E-state index in [1.54, 1.807) is 0 Å². The smallest absolute Gasteiger partial charge is 0.280 e. The fourth-order valence-corrected chi connectivity index (χ4v) is 0.879.